The van der Waals surface area contributed by atoms with E-state index in [1.165, 1.54) is 11.3 Å². The van der Waals surface area contributed by atoms with Crippen LogP contribution in [0, 0.1) is 11.8 Å². The number of nitrogens with one attached hydrogen (secondary N) is 1. The van der Waals surface area contributed by atoms with E-state index in [-0.39, 0.29) is 24.2 Å². The van der Waals surface area contributed by atoms with Crippen molar-refractivity contribution in [2.24, 2.45) is 11.8 Å². The first-order valence-corrected chi connectivity index (χ1v) is 8.83. The third kappa shape index (κ3) is 3.79. The van der Waals surface area contributed by atoms with Gasteiger partial charge in [0.15, 0.2) is 0 Å². The highest BCUT2D eigenvalue weighted by atomic mass is 32.1. The third-order valence-electron chi connectivity index (χ3n) is 3.84. The molecule has 3 rings (SSSR count). The second-order valence-electron chi connectivity index (χ2n) is 6.33. The number of para-hydroxylation sites is 1. The number of carbonyl (C=O) groups is 2. The van der Waals surface area contributed by atoms with Crippen LogP contribution in [0.4, 0.5) is 10.8 Å². The predicted octanol–water partition coefficient (Wildman–Crippen LogP) is 2.73. The predicted molar refractivity (Wildman–Crippen MR) is 94.0 cm³/mol. The van der Waals surface area contributed by atoms with Gasteiger partial charge in [0, 0.05) is 25.1 Å². The van der Waals surface area contributed by atoms with Gasteiger partial charge in [0.05, 0.1) is 5.92 Å². The fourth-order valence-corrected chi connectivity index (χ4v) is 3.64. The average Bonchev–Trinajstić information content (AvgIpc) is 3.14. The van der Waals surface area contributed by atoms with E-state index < -0.39 is 0 Å². The van der Waals surface area contributed by atoms with Crippen molar-refractivity contribution in [1.29, 1.82) is 0 Å². The maximum absolute atomic E-state index is 12.4. The molecular weight excluding hydrogens is 324 g/mol. The Hall–Kier alpha value is -2.28. The molecule has 2 heterocycles. The molecule has 0 bridgehead atoms. The highest BCUT2D eigenvalue weighted by Crippen LogP contribution is 2.26. The number of nitrogens with zero attached hydrogens (tertiary/aromatic N) is 3. The van der Waals surface area contributed by atoms with Gasteiger partial charge in [-0.15, -0.1) is 10.2 Å². The topological polar surface area (TPSA) is 75.2 Å². The van der Waals surface area contributed by atoms with Gasteiger partial charge in [0.1, 0.15) is 5.01 Å². The van der Waals surface area contributed by atoms with Crippen LogP contribution in [0.25, 0.3) is 0 Å². The molecule has 0 aliphatic carbocycles. The van der Waals surface area contributed by atoms with Crippen LogP contribution >= 0.6 is 11.3 Å². The minimum absolute atomic E-state index is 0.0286. The molecule has 2 amide bonds. The maximum Gasteiger partial charge on any atom is 0.231 e. The van der Waals surface area contributed by atoms with Gasteiger partial charge in [0.25, 0.3) is 0 Å². The molecule has 2 aromatic rings. The molecule has 1 atom stereocenters. The minimum atomic E-state index is -0.366. The lowest BCUT2D eigenvalue weighted by molar-refractivity contribution is -0.122. The largest absolute Gasteiger partial charge is 0.312 e. The van der Waals surface area contributed by atoms with E-state index in [4.69, 9.17) is 0 Å². The fourth-order valence-electron chi connectivity index (χ4n) is 2.68. The van der Waals surface area contributed by atoms with E-state index >= 15 is 0 Å². The number of aromatic nitrogens is 2. The van der Waals surface area contributed by atoms with Gasteiger partial charge in [-0.3, -0.25) is 9.59 Å². The summed E-state index contributed by atoms with van der Waals surface area (Å²) in [4.78, 5) is 26.3. The average molecular weight is 344 g/mol. The lowest BCUT2D eigenvalue weighted by Crippen LogP contribution is -2.28. The number of benzene rings is 1. The van der Waals surface area contributed by atoms with Gasteiger partial charge >= 0.3 is 0 Å². The summed E-state index contributed by atoms with van der Waals surface area (Å²) in [6.45, 7) is 4.62. The van der Waals surface area contributed by atoms with Crippen LogP contribution in [0.15, 0.2) is 30.3 Å². The van der Waals surface area contributed by atoms with Crippen molar-refractivity contribution < 1.29 is 9.59 Å². The molecule has 0 spiro atoms. The van der Waals surface area contributed by atoms with Gasteiger partial charge in [0.2, 0.25) is 16.9 Å². The second kappa shape index (κ2) is 7.09. The van der Waals surface area contributed by atoms with Crippen molar-refractivity contribution in [1.82, 2.24) is 10.2 Å². The summed E-state index contributed by atoms with van der Waals surface area (Å²) in [5.74, 6) is -0.0725. The van der Waals surface area contributed by atoms with E-state index in [0.29, 0.717) is 17.6 Å². The molecule has 1 aliphatic heterocycles. The molecule has 7 heteroatoms. The van der Waals surface area contributed by atoms with Crippen LogP contribution in [0.2, 0.25) is 0 Å². The van der Waals surface area contributed by atoms with Crippen molar-refractivity contribution in [3.63, 3.8) is 0 Å². The highest BCUT2D eigenvalue weighted by Gasteiger charge is 2.35. The van der Waals surface area contributed by atoms with Crippen molar-refractivity contribution in [3.05, 3.63) is 35.3 Å². The fraction of sp³-hybridized carbons (Fsp3) is 0.412. The number of hydrogen-bond donors (Lipinski definition) is 1. The minimum Gasteiger partial charge on any atom is -0.312 e. The Morgan fingerprint density at radius 2 is 2.08 bits per heavy atom. The zero-order valence-electron chi connectivity index (χ0n) is 13.7. The number of amides is 2. The van der Waals surface area contributed by atoms with Crippen LogP contribution in [0.1, 0.15) is 25.3 Å². The smallest absolute Gasteiger partial charge is 0.231 e. The Morgan fingerprint density at radius 1 is 1.33 bits per heavy atom. The number of rotatable bonds is 5. The first-order chi connectivity index (χ1) is 11.5. The monoisotopic (exact) mass is 344 g/mol. The summed E-state index contributed by atoms with van der Waals surface area (Å²) < 4.78 is 0. The van der Waals surface area contributed by atoms with Gasteiger partial charge in [-0.2, -0.15) is 0 Å². The summed E-state index contributed by atoms with van der Waals surface area (Å²) in [5.41, 5.74) is 0.827. The van der Waals surface area contributed by atoms with Gasteiger partial charge in [-0.05, 0) is 18.1 Å². The zero-order valence-corrected chi connectivity index (χ0v) is 14.5. The number of hydrogen-bond acceptors (Lipinski definition) is 5. The Morgan fingerprint density at radius 3 is 2.79 bits per heavy atom. The van der Waals surface area contributed by atoms with E-state index in [9.17, 15) is 9.59 Å². The molecule has 6 nitrogen and oxygen atoms in total. The summed E-state index contributed by atoms with van der Waals surface area (Å²) in [6.07, 6.45) is 1.07. The van der Waals surface area contributed by atoms with Crippen LogP contribution in [0.3, 0.4) is 0 Å². The molecule has 1 saturated heterocycles. The molecule has 126 valence electrons. The summed E-state index contributed by atoms with van der Waals surface area (Å²) in [7, 11) is 0. The first-order valence-electron chi connectivity index (χ1n) is 8.01. The summed E-state index contributed by atoms with van der Waals surface area (Å²) >= 11 is 1.39. The molecule has 1 aromatic carbocycles. The Balaban J connectivity index is 1.62. The molecule has 0 saturated carbocycles. The normalized spacial score (nSPS) is 17.5. The number of carbonyl (C=O) groups excluding carboxylic acids is 2. The molecule has 0 radical (unpaired) electrons. The Labute approximate surface area is 144 Å². The lowest BCUT2D eigenvalue weighted by atomic mass is 10.1. The van der Waals surface area contributed by atoms with E-state index in [0.717, 1.165) is 17.1 Å². The second-order valence-corrected chi connectivity index (χ2v) is 7.39. The lowest BCUT2D eigenvalue weighted by Gasteiger charge is -2.16. The van der Waals surface area contributed by atoms with Crippen LogP contribution < -0.4 is 10.2 Å². The van der Waals surface area contributed by atoms with Crippen LogP contribution in [-0.2, 0) is 16.0 Å². The van der Waals surface area contributed by atoms with Crippen molar-refractivity contribution in [2.45, 2.75) is 26.7 Å². The van der Waals surface area contributed by atoms with Crippen LogP contribution in [-0.4, -0.2) is 28.6 Å². The zero-order chi connectivity index (χ0) is 17.1. The molecule has 24 heavy (non-hydrogen) atoms. The van der Waals surface area contributed by atoms with Crippen LogP contribution in [0.5, 0.6) is 0 Å². The SMILES string of the molecule is CC(C)Cc1nnc(NC(=O)[C@@H]2CC(=O)N(c3ccccc3)C2)s1. The van der Waals surface area contributed by atoms with E-state index in [2.05, 4.69) is 29.4 Å². The quantitative estimate of drug-likeness (QED) is 0.905. The van der Waals surface area contributed by atoms with Gasteiger partial charge in [-0.1, -0.05) is 43.4 Å². The van der Waals surface area contributed by atoms with Crippen molar-refractivity contribution >= 4 is 34.0 Å². The number of anilines is 2. The summed E-state index contributed by atoms with van der Waals surface area (Å²) in [5, 5.41) is 12.3. The molecule has 1 aliphatic rings. The molecule has 1 fully saturated rings. The van der Waals surface area contributed by atoms with Gasteiger partial charge in [-0.25, -0.2) is 0 Å². The third-order valence-corrected chi connectivity index (χ3v) is 4.70. The van der Waals surface area contributed by atoms with E-state index in [1.807, 2.05) is 30.3 Å². The standard InChI is InChI=1S/C17H20N4O2S/c1-11(2)8-14-19-20-17(24-14)18-16(23)12-9-15(22)21(10-12)13-6-4-3-5-7-13/h3-7,11-12H,8-10H2,1-2H3,(H,18,20,23)/t12-/m1/s1. The highest BCUT2D eigenvalue weighted by molar-refractivity contribution is 7.15. The first kappa shape index (κ1) is 16.6. The van der Waals surface area contributed by atoms with Crippen molar-refractivity contribution in [2.75, 3.05) is 16.8 Å². The molecular formula is C17H20N4O2S. The Bertz CT molecular complexity index is 729. The molecule has 1 aromatic heterocycles. The summed E-state index contributed by atoms with van der Waals surface area (Å²) in [6, 6.07) is 9.42. The van der Waals surface area contributed by atoms with Gasteiger partial charge < -0.3 is 10.2 Å². The van der Waals surface area contributed by atoms with E-state index in [1.54, 1.807) is 4.90 Å². The Kier molecular flexibility index (Phi) is 4.89. The molecule has 1 N–H and O–H groups in total. The maximum atomic E-state index is 12.4. The molecule has 0 unspecified atom stereocenters. The van der Waals surface area contributed by atoms with Crippen molar-refractivity contribution in [3.8, 4) is 0 Å².